The highest BCUT2D eigenvalue weighted by atomic mass is 32.2. The van der Waals surface area contributed by atoms with Crippen molar-refractivity contribution in [1.29, 1.82) is 0 Å². The van der Waals surface area contributed by atoms with E-state index >= 15 is 0 Å². The molecular formula is C19H21N5O4S. The third-order valence-corrected chi connectivity index (χ3v) is 6.89. The molecule has 0 spiro atoms. The van der Waals surface area contributed by atoms with Gasteiger partial charge in [0.15, 0.2) is 5.69 Å². The number of imidazole rings is 1. The molecule has 2 aliphatic rings. The number of para-hydroxylation sites is 1. The number of sulfonamides is 1. The summed E-state index contributed by atoms with van der Waals surface area (Å²) >= 11 is 0. The Labute approximate surface area is 168 Å². The van der Waals surface area contributed by atoms with Crippen molar-refractivity contribution in [3.63, 3.8) is 0 Å². The van der Waals surface area contributed by atoms with Crippen LogP contribution in [-0.2, 0) is 21.4 Å². The highest BCUT2D eigenvalue weighted by Gasteiger charge is 2.36. The Hall–Kier alpha value is -2.98. The van der Waals surface area contributed by atoms with Crippen molar-refractivity contribution >= 4 is 21.8 Å². The Morgan fingerprint density at radius 1 is 1.14 bits per heavy atom. The quantitative estimate of drug-likeness (QED) is 0.680. The number of amides is 2. The first-order valence-electron chi connectivity index (χ1n) is 9.11. The minimum Gasteiger partial charge on any atom is -0.348 e. The second kappa shape index (κ2) is 7.12. The van der Waals surface area contributed by atoms with Crippen LogP contribution < -0.4 is 0 Å². The van der Waals surface area contributed by atoms with E-state index in [0.29, 0.717) is 24.5 Å². The molecule has 1 aromatic heterocycles. The maximum atomic E-state index is 13.3. The van der Waals surface area contributed by atoms with Crippen molar-refractivity contribution in [2.45, 2.75) is 11.4 Å². The van der Waals surface area contributed by atoms with Crippen molar-refractivity contribution in [2.75, 3.05) is 33.7 Å². The number of benzene rings is 1. The second-order valence-electron chi connectivity index (χ2n) is 7.12. The van der Waals surface area contributed by atoms with Crippen molar-refractivity contribution in [3.8, 4) is 5.69 Å². The van der Waals surface area contributed by atoms with Crippen molar-refractivity contribution in [2.24, 2.45) is 0 Å². The molecule has 2 aromatic rings. The summed E-state index contributed by atoms with van der Waals surface area (Å²) in [6.07, 6.45) is 5.26. The lowest BCUT2D eigenvalue weighted by molar-refractivity contribution is -0.128. The van der Waals surface area contributed by atoms with Crippen LogP contribution in [0.3, 0.4) is 0 Å². The molecule has 0 atom stereocenters. The topological polar surface area (TPSA) is 95.8 Å². The predicted molar refractivity (Wildman–Crippen MR) is 105 cm³/mol. The van der Waals surface area contributed by atoms with Crippen LogP contribution in [-0.4, -0.2) is 77.6 Å². The van der Waals surface area contributed by atoms with E-state index in [2.05, 4.69) is 4.98 Å². The van der Waals surface area contributed by atoms with Crippen LogP contribution in [0, 0.1) is 0 Å². The molecule has 2 aliphatic heterocycles. The average Bonchev–Trinajstić information content (AvgIpc) is 3.35. The first kappa shape index (κ1) is 19.3. The highest BCUT2D eigenvalue weighted by Crippen LogP contribution is 2.31. The third-order valence-electron chi connectivity index (χ3n) is 5.05. The summed E-state index contributed by atoms with van der Waals surface area (Å²) in [5.74, 6) is -0.616. The molecule has 4 rings (SSSR count). The molecule has 152 valence electrons. The highest BCUT2D eigenvalue weighted by molar-refractivity contribution is 7.89. The molecule has 0 saturated heterocycles. The van der Waals surface area contributed by atoms with E-state index in [0.717, 1.165) is 4.31 Å². The molecule has 0 aliphatic carbocycles. The van der Waals surface area contributed by atoms with Gasteiger partial charge in [0.2, 0.25) is 15.9 Å². The van der Waals surface area contributed by atoms with E-state index in [9.17, 15) is 18.0 Å². The largest absolute Gasteiger partial charge is 0.348 e. The lowest BCUT2D eigenvalue weighted by Crippen LogP contribution is -2.40. The van der Waals surface area contributed by atoms with E-state index in [-0.39, 0.29) is 35.5 Å². The zero-order valence-corrected chi connectivity index (χ0v) is 17.0. The van der Waals surface area contributed by atoms with Gasteiger partial charge in [-0.1, -0.05) is 24.3 Å². The molecule has 1 aromatic carbocycles. The number of carbonyl (C=O) groups is 2. The third kappa shape index (κ3) is 3.23. The number of aromatic nitrogens is 2. The Bertz CT molecular complexity index is 1110. The number of fused-ring (bicyclic) bond motifs is 3. The van der Waals surface area contributed by atoms with Gasteiger partial charge in [-0.2, -0.15) is 4.31 Å². The minimum absolute atomic E-state index is 0.0737. The van der Waals surface area contributed by atoms with Gasteiger partial charge in [-0.3, -0.25) is 14.2 Å². The fraction of sp³-hybridized carbons (Fsp3) is 0.316. The van der Waals surface area contributed by atoms with Crippen molar-refractivity contribution < 1.29 is 18.0 Å². The average molecular weight is 415 g/mol. The molecule has 0 fully saturated rings. The zero-order valence-electron chi connectivity index (χ0n) is 16.1. The lowest BCUT2D eigenvalue weighted by atomic mass is 10.2. The number of hydrogen-bond donors (Lipinski definition) is 0. The van der Waals surface area contributed by atoms with Gasteiger partial charge in [0.25, 0.3) is 5.91 Å². The summed E-state index contributed by atoms with van der Waals surface area (Å²) in [7, 11) is -0.808. The fourth-order valence-electron chi connectivity index (χ4n) is 3.40. The summed E-state index contributed by atoms with van der Waals surface area (Å²) in [5.41, 5.74) is 1.05. The Kier molecular flexibility index (Phi) is 4.75. The Morgan fingerprint density at radius 2 is 1.83 bits per heavy atom. The van der Waals surface area contributed by atoms with Crippen LogP contribution in [0.4, 0.5) is 0 Å². The van der Waals surface area contributed by atoms with Crippen LogP contribution in [0.2, 0.25) is 0 Å². The Morgan fingerprint density at radius 3 is 2.52 bits per heavy atom. The smallest absolute Gasteiger partial charge is 0.274 e. The molecule has 0 radical (unpaired) electrons. The molecule has 9 nitrogen and oxygen atoms in total. The fourth-order valence-corrected chi connectivity index (χ4v) is 4.94. The molecular weight excluding hydrogens is 394 g/mol. The molecule has 0 unspecified atom stereocenters. The SMILES string of the molecule is CN(C)C(=O)CN1Cc2c(C(=O)N3CC=CC3)ncn2-c2ccccc2S1(=O)=O. The van der Waals surface area contributed by atoms with Crippen LogP contribution in [0.5, 0.6) is 0 Å². The van der Waals surface area contributed by atoms with E-state index in [1.165, 1.54) is 17.3 Å². The Balaban J connectivity index is 1.84. The summed E-state index contributed by atoms with van der Waals surface area (Å²) in [4.78, 5) is 32.6. The zero-order chi connectivity index (χ0) is 20.8. The molecule has 3 heterocycles. The van der Waals surface area contributed by atoms with Crippen molar-refractivity contribution in [1.82, 2.24) is 23.7 Å². The molecule has 29 heavy (non-hydrogen) atoms. The number of nitrogens with zero attached hydrogens (tertiary/aromatic N) is 5. The minimum atomic E-state index is -3.95. The van der Waals surface area contributed by atoms with Gasteiger partial charge in [-0.05, 0) is 12.1 Å². The molecule has 0 N–H and O–H groups in total. The maximum absolute atomic E-state index is 13.3. The number of carbonyl (C=O) groups excluding carboxylic acids is 2. The maximum Gasteiger partial charge on any atom is 0.274 e. The lowest BCUT2D eigenvalue weighted by Gasteiger charge is -2.22. The van der Waals surface area contributed by atoms with Gasteiger partial charge in [0, 0.05) is 27.2 Å². The van der Waals surface area contributed by atoms with Crippen LogP contribution in [0.25, 0.3) is 5.69 Å². The summed E-state index contributed by atoms with van der Waals surface area (Å²) in [5, 5.41) is 0. The first-order valence-corrected chi connectivity index (χ1v) is 10.5. The first-order chi connectivity index (χ1) is 13.8. The summed E-state index contributed by atoms with van der Waals surface area (Å²) in [6.45, 7) is 0.526. The van der Waals surface area contributed by atoms with Gasteiger partial charge in [0.05, 0.1) is 24.5 Å². The monoisotopic (exact) mass is 415 g/mol. The van der Waals surface area contributed by atoms with Crippen LogP contribution >= 0.6 is 0 Å². The molecule has 0 bridgehead atoms. The van der Waals surface area contributed by atoms with Gasteiger partial charge in [-0.15, -0.1) is 0 Å². The normalized spacial score (nSPS) is 17.5. The molecule has 0 saturated carbocycles. The van der Waals surface area contributed by atoms with E-state index in [1.807, 2.05) is 12.2 Å². The number of likely N-dealkylation sites (N-methyl/N-ethyl adjacent to an activating group) is 1. The predicted octanol–water partition coefficient (Wildman–Crippen LogP) is 0.477. The van der Waals surface area contributed by atoms with Gasteiger partial charge in [0.1, 0.15) is 11.2 Å². The van der Waals surface area contributed by atoms with Crippen molar-refractivity contribution in [3.05, 3.63) is 54.1 Å². The van der Waals surface area contributed by atoms with E-state index in [4.69, 9.17) is 0 Å². The number of rotatable bonds is 3. The summed E-state index contributed by atoms with van der Waals surface area (Å²) < 4.78 is 29.3. The van der Waals surface area contributed by atoms with Gasteiger partial charge < -0.3 is 9.80 Å². The second-order valence-corrected chi connectivity index (χ2v) is 9.03. The van der Waals surface area contributed by atoms with Crippen LogP contribution in [0.15, 0.2) is 47.6 Å². The van der Waals surface area contributed by atoms with E-state index in [1.54, 1.807) is 41.8 Å². The molecule has 2 amide bonds. The van der Waals surface area contributed by atoms with E-state index < -0.39 is 10.0 Å². The molecule has 10 heteroatoms. The summed E-state index contributed by atoms with van der Waals surface area (Å²) in [6, 6.07) is 6.52. The van der Waals surface area contributed by atoms with Gasteiger partial charge in [-0.25, -0.2) is 13.4 Å². The van der Waals surface area contributed by atoms with Gasteiger partial charge >= 0.3 is 0 Å². The van der Waals surface area contributed by atoms with Crippen LogP contribution in [0.1, 0.15) is 16.2 Å². The number of hydrogen-bond acceptors (Lipinski definition) is 5. The standard InChI is InChI=1S/C19H21N5O4S/c1-21(2)17(25)12-23-11-15-18(19(26)22-9-5-6-10-22)20-13-24(15)14-7-3-4-8-16(14)29(23,27)28/h3-8,13H,9-12H2,1-2H3.